The molecular weight excluding hydrogens is 86.1 g/mol. The maximum absolute atomic E-state index is 3.44. The number of hydrogen-bond donors (Lipinski definition) is 1. The molecule has 1 heterocycles. The highest BCUT2D eigenvalue weighted by atomic mass is 32.1. The van der Waals surface area contributed by atoms with Gasteiger partial charge in [0.1, 0.15) is 0 Å². The minimum absolute atomic E-state index is 1.37. The molecule has 5 heavy (non-hydrogen) atoms. The van der Waals surface area contributed by atoms with E-state index >= 15 is 0 Å². The summed E-state index contributed by atoms with van der Waals surface area (Å²) in [6.07, 6.45) is 0. The summed E-state index contributed by atoms with van der Waals surface area (Å²) < 4.78 is 2.54. The second kappa shape index (κ2) is 1.07. The summed E-state index contributed by atoms with van der Waals surface area (Å²) in [5.74, 6) is 0. The zero-order valence-electron chi connectivity index (χ0n) is 2.38. The van der Waals surface area contributed by atoms with E-state index in [0.717, 1.165) is 0 Å². The molecule has 0 fully saturated rings. The molecule has 3 nitrogen and oxygen atoms in total. The first-order valence-corrected chi connectivity index (χ1v) is 2.00. The third-order valence-corrected chi connectivity index (χ3v) is 0.638. The molecule has 1 aromatic heterocycles. The van der Waals surface area contributed by atoms with Crippen LogP contribution in [0.2, 0.25) is 0 Å². The standard InChI is InChI=1S/CH2N3S/c1-2-3-4-5-1/h1H,(H,2,4)/q+1. The predicted octanol–water partition coefficient (Wildman–Crippen LogP) is 0.147. The summed E-state index contributed by atoms with van der Waals surface area (Å²) in [5.41, 5.74) is 1.62. The second-order valence-electron chi connectivity index (χ2n) is 0.530. The van der Waals surface area contributed by atoms with Gasteiger partial charge in [0.15, 0.2) is 0 Å². The van der Waals surface area contributed by atoms with Crippen molar-refractivity contribution < 1.29 is 0 Å². The summed E-state index contributed by atoms with van der Waals surface area (Å²) in [5, 5.41) is 6.80. The molecule has 26 valence electrons. The van der Waals surface area contributed by atoms with Gasteiger partial charge in [-0.3, -0.25) is 0 Å². The van der Waals surface area contributed by atoms with Crippen LogP contribution in [0.1, 0.15) is 0 Å². The lowest BCUT2D eigenvalue weighted by Crippen LogP contribution is -1.61. The van der Waals surface area contributed by atoms with Crippen LogP contribution in [0.5, 0.6) is 0 Å². The third-order valence-electron chi connectivity index (χ3n) is 0.251. The largest absolute Gasteiger partial charge is 0.369 e. The molecule has 0 amide bonds. The number of nitrogens with zero attached hydrogens (tertiary/aromatic N) is 2. The zero-order chi connectivity index (χ0) is 3.54. The maximum Gasteiger partial charge on any atom is 0.369 e. The quantitative estimate of drug-likeness (QED) is 0.458. The van der Waals surface area contributed by atoms with Gasteiger partial charge in [-0.05, 0) is 9.70 Å². The Balaban J connectivity index is 3.13. The van der Waals surface area contributed by atoms with Crippen LogP contribution in [0, 0.1) is 0 Å². The SMILES string of the molecule is c1nn[nH][s+]1. The second-order valence-corrected chi connectivity index (χ2v) is 1.16. The zero-order valence-corrected chi connectivity index (χ0v) is 3.20. The smallest absolute Gasteiger partial charge is 0.0726 e. The lowest BCUT2D eigenvalue weighted by molar-refractivity contribution is 0.958. The topological polar surface area (TPSA) is 41.6 Å². The van der Waals surface area contributed by atoms with Gasteiger partial charge in [0, 0.05) is 0 Å². The number of H-pyrrole nitrogens is 1. The average molecular weight is 88.1 g/mol. The molecule has 0 bridgehead atoms. The number of rotatable bonds is 0. The van der Waals surface area contributed by atoms with Crippen LogP contribution in [-0.4, -0.2) is 14.8 Å². The van der Waals surface area contributed by atoms with Gasteiger partial charge in [-0.15, -0.1) is 0 Å². The number of hydrogen-bond acceptors (Lipinski definition) is 2. The van der Waals surface area contributed by atoms with E-state index in [1.807, 2.05) is 0 Å². The van der Waals surface area contributed by atoms with Crippen LogP contribution >= 0.6 is 11.5 Å². The molecule has 0 saturated heterocycles. The lowest BCUT2D eigenvalue weighted by atomic mass is 11.7. The molecule has 1 N–H and O–H groups in total. The first-order valence-electron chi connectivity index (χ1n) is 1.12. The van der Waals surface area contributed by atoms with Crippen molar-refractivity contribution in [3.05, 3.63) is 5.51 Å². The van der Waals surface area contributed by atoms with E-state index in [0.29, 0.717) is 0 Å². The van der Waals surface area contributed by atoms with E-state index in [1.54, 1.807) is 5.51 Å². The van der Waals surface area contributed by atoms with Crippen molar-refractivity contribution in [1.82, 2.24) is 14.8 Å². The predicted molar refractivity (Wildman–Crippen MR) is 18.7 cm³/mol. The van der Waals surface area contributed by atoms with E-state index in [-0.39, 0.29) is 0 Å². The van der Waals surface area contributed by atoms with E-state index in [9.17, 15) is 0 Å². The first kappa shape index (κ1) is 2.71. The Labute approximate surface area is 32.8 Å². The van der Waals surface area contributed by atoms with Gasteiger partial charge in [0.25, 0.3) is 0 Å². The molecule has 0 atom stereocenters. The lowest BCUT2D eigenvalue weighted by Gasteiger charge is -1.33. The van der Waals surface area contributed by atoms with Crippen molar-refractivity contribution in [2.24, 2.45) is 0 Å². The van der Waals surface area contributed by atoms with Gasteiger partial charge in [-0.1, -0.05) is 5.10 Å². The molecule has 0 unspecified atom stereocenters. The summed E-state index contributed by atoms with van der Waals surface area (Å²) in [4.78, 5) is 0. The van der Waals surface area contributed by atoms with Crippen molar-refractivity contribution in [2.75, 3.05) is 0 Å². The van der Waals surface area contributed by atoms with Gasteiger partial charge >= 0.3 is 17.0 Å². The van der Waals surface area contributed by atoms with Gasteiger partial charge in [0.2, 0.25) is 0 Å². The molecule has 0 saturated carbocycles. The first-order chi connectivity index (χ1) is 2.50. The van der Waals surface area contributed by atoms with Gasteiger partial charge in [-0.25, -0.2) is 0 Å². The van der Waals surface area contributed by atoms with Crippen LogP contribution in [0.25, 0.3) is 0 Å². The molecule has 4 heteroatoms. The Hall–Kier alpha value is -0.510. The number of aromatic amines is 1. The molecule has 0 radical (unpaired) electrons. The Morgan fingerprint density at radius 1 is 1.80 bits per heavy atom. The monoisotopic (exact) mass is 88.0 g/mol. The fourth-order valence-corrected chi connectivity index (χ4v) is 0.354. The molecule has 0 aliphatic heterocycles. The van der Waals surface area contributed by atoms with E-state index in [4.69, 9.17) is 0 Å². The van der Waals surface area contributed by atoms with Crippen molar-refractivity contribution in [3.63, 3.8) is 0 Å². The van der Waals surface area contributed by atoms with Crippen molar-refractivity contribution in [1.29, 1.82) is 0 Å². The summed E-state index contributed by atoms with van der Waals surface area (Å²) >= 11 is 1.37. The molecule has 0 spiro atoms. The van der Waals surface area contributed by atoms with Crippen molar-refractivity contribution in [3.8, 4) is 0 Å². The van der Waals surface area contributed by atoms with Crippen LogP contribution < -0.4 is 0 Å². The molecule has 0 aliphatic rings. The Bertz CT molecular complexity index is 63.4. The Morgan fingerprint density at radius 3 is 3.00 bits per heavy atom. The summed E-state index contributed by atoms with van der Waals surface area (Å²) in [6, 6.07) is 0. The number of nitrogens with one attached hydrogen (secondary N) is 1. The van der Waals surface area contributed by atoms with Crippen LogP contribution in [0.4, 0.5) is 0 Å². The molecule has 0 aromatic carbocycles. The van der Waals surface area contributed by atoms with Crippen LogP contribution in [-0.2, 0) is 0 Å². The van der Waals surface area contributed by atoms with Crippen molar-refractivity contribution >= 4 is 11.5 Å². The van der Waals surface area contributed by atoms with Gasteiger partial charge in [0.05, 0.1) is 0 Å². The average Bonchev–Trinajstić information content (AvgIpc) is 1.76. The van der Waals surface area contributed by atoms with Gasteiger partial charge < -0.3 is 0 Å². The summed E-state index contributed by atoms with van der Waals surface area (Å²) in [7, 11) is 0. The minimum atomic E-state index is 1.37. The highest BCUT2D eigenvalue weighted by molar-refractivity contribution is 7.02. The number of aromatic nitrogens is 3. The summed E-state index contributed by atoms with van der Waals surface area (Å²) in [6.45, 7) is 0. The van der Waals surface area contributed by atoms with Crippen molar-refractivity contribution in [2.45, 2.75) is 0 Å². The Morgan fingerprint density at radius 2 is 2.80 bits per heavy atom. The maximum atomic E-state index is 3.44. The molecule has 0 aliphatic carbocycles. The third kappa shape index (κ3) is 0.384. The fourth-order valence-electron chi connectivity index (χ4n) is 0.118. The van der Waals surface area contributed by atoms with E-state index < -0.39 is 0 Å². The van der Waals surface area contributed by atoms with Gasteiger partial charge in [-0.2, -0.15) is 0 Å². The normalized spacial score (nSPS) is 8.00. The van der Waals surface area contributed by atoms with Crippen LogP contribution in [0.3, 0.4) is 0 Å². The van der Waals surface area contributed by atoms with E-state index in [1.165, 1.54) is 11.5 Å². The molecule has 1 rings (SSSR count). The molecule has 1 aromatic rings. The highest BCUT2D eigenvalue weighted by Crippen LogP contribution is 1.72. The Kier molecular flexibility index (Phi) is 0.582. The van der Waals surface area contributed by atoms with E-state index in [2.05, 4.69) is 14.8 Å². The molecular formula is CH2N3S+. The fraction of sp³-hybridized carbons (Fsp3) is 0. The highest BCUT2D eigenvalue weighted by Gasteiger charge is 1.78. The minimum Gasteiger partial charge on any atom is -0.0726 e. The van der Waals surface area contributed by atoms with Crippen LogP contribution in [0.15, 0.2) is 5.51 Å².